The first-order valence-corrected chi connectivity index (χ1v) is 14.7. The van der Waals surface area contributed by atoms with Crippen molar-refractivity contribution in [2.45, 2.75) is 58.1 Å². The largest absolute Gasteiger partial charge is 0.352 e. The lowest BCUT2D eigenvalue weighted by molar-refractivity contribution is -0.139. The SMILES string of the molecule is Cc1ccc(S(=O)(=O)N(CC(=O)N(Cc2c(Cl)cccc2Cl)C(C)C(=O)NC(C)C)c2cccc(C)c2)cc1. The van der Waals surface area contributed by atoms with Gasteiger partial charge in [0.15, 0.2) is 0 Å². The van der Waals surface area contributed by atoms with E-state index in [2.05, 4.69) is 5.32 Å². The van der Waals surface area contributed by atoms with Gasteiger partial charge in [-0.1, -0.05) is 59.1 Å². The number of aryl methyl sites for hydroxylation is 2. The molecule has 0 aliphatic heterocycles. The first kappa shape index (κ1) is 30.5. The lowest BCUT2D eigenvalue weighted by Crippen LogP contribution is -2.52. The van der Waals surface area contributed by atoms with E-state index in [1.54, 1.807) is 55.5 Å². The Labute approximate surface area is 240 Å². The van der Waals surface area contributed by atoms with E-state index in [1.165, 1.54) is 17.0 Å². The molecule has 7 nitrogen and oxygen atoms in total. The predicted molar refractivity (Wildman–Crippen MR) is 157 cm³/mol. The molecule has 0 spiro atoms. The first-order valence-electron chi connectivity index (χ1n) is 12.5. The Bertz CT molecular complexity index is 1420. The number of hydrogen-bond acceptors (Lipinski definition) is 4. The highest BCUT2D eigenvalue weighted by molar-refractivity contribution is 7.92. The molecule has 0 saturated heterocycles. The van der Waals surface area contributed by atoms with Gasteiger partial charge in [-0.25, -0.2) is 8.42 Å². The molecular formula is C29H33Cl2N3O4S. The fraction of sp³-hybridized carbons (Fsp3) is 0.310. The molecule has 10 heteroatoms. The van der Waals surface area contributed by atoms with Crippen LogP contribution in [0.2, 0.25) is 10.0 Å². The van der Waals surface area contributed by atoms with Gasteiger partial charge in [-0.05, 0) is 76.6 Å². The number of nitrogens with zero attached hydrogens (tertiary/aromatic N) is 2. The maximum atomic E-state index is 14.0. The molecule has 1 atom stereocenters. The zero-order valence-electron chi connectivity index (χ0n) is 22.6. The highest BCUT2D eigenvalue weighted by Gasteiger charge is 2.33. The van der Waals surface area contributed by atoms with Crippen molar-refractivity contribution in [3.8, 4) is 0 Å². The highest BCUT2D eigenvalue weighted by Crippen LogP contribution is 2.28. The van der Waals surface area contributed by atoms with Crippen LogP contribution in [0.1, 0.15) is 37.5 Å². The molecule has 0 radical (unpaired) electrons. The second kappa shape index (κ2) is 12.9. The fourth-order valence-electron chi connectivity index (χ4n) is 3.99. The number of benzene rings is 3. The monoisotopic (exact) mass is 589 g/mol. The third kappa shape index (κ3) is 7.53. The Balaban J connectivity index is 2.07. The molecule has 2 amide bonds. The Hall–Kier alpha value is -3.07. The maximum Gasteiger partial charge on any atom is 0.264 e. The van der Waals surface area contributed by atoms with Crippen LogP contribution in [0.15, 0.2) is 71.6 Å². The van der Waals surface area contributed by atoms with Gasteiger partial charge in [-0.3, -0.25) is 13.9 Å². The van der Waals surface area contributed by atoms with Crippen LogP contribution in [-0.4, -0.2) is 43.8 Å². The van der Waals surface area contributed by atoms with Crippen molar-refractivity contribution in [3.63, 3.8) is 0 Å². The van der Waals surface area contributed by atoms with Gasteiger partial charge in [0, 0.05) is 28.2 Å². The predicted octanol–water partition coefficient (Wildman–Crippen LogP) is 5.75. The second-order valence-electron chi connectivity index (χ2n) is 9.72. The summed E-state index contributed by atoms with van der Waals surface area (Å²) in [5.74, 6) is -0.973. The molecular weight excluding hydrogens is 557 g/mol. The number of carbonyl (C=O) groups excluding carboxylic acids is 2. The van der Waals surface area contributed by atoms with Crippen LogP contribution in [0.3, 0.4) is 0 Å². The van der Waals surface area contributed by atoms with Crippen LogP contribution in [0.4, 0.5) is 5.69 Å². The molecule has 39 heavy (non-hydrogen) atoms. The molecule has 1 unspecified atom stereocenters. The van der Waals surface area contributed by atoms with Gasteiger partial charge >= 0.3 is 0 Å². The van der Waals surface area contributed by atoms with Crippen molar-refractivity contribution in [1.29, 1.82) is 0 Å². The number of rotatable bonds is 10. The van der Waals surface area contributed by atoms with Crippen molar-refractivity contribution >= 4 is 50.7 Å². The summed E-state index contributed by atoms with van der Waals surface area (Å²) in [4.78, 5) is 28.3. The first-order chi connectivity index (χ1) is 18.3. The van der Waals surface area contributed by atoms with Crippen LogP contribution >= 0.6 is 23.2 Å². The van der Waals surface area contributed by atoms with Gasteiger partial charge in [0.1, 0.15) is 12.6 Å². The molecule has 3 rings (SSSR count). The number of hydrogen-bond donors (Lipinski definition) is 1. The Morgan fingerprint density at radius 3 is 2.03 bits per heavy atom. The zero-order valence-corrected chi connectivity index (χ0v) is 24.9. The van der Waals surface area contributed by atoms with E-state index < -0.39 is 28.5 Å². The van der Waals surface area contributed by atoms with E-state index in [4.69, 9.17) is 23.2 Å². The number of nitrogens with one attached hydrogen (secondary N) is 1. The quantitative estimate of drug-likeness (QED) is 0.326. The number of carbonyl (C=O) groups is 2. The topological polar surface area (TPSA) is 86.8 Å². The van der Waals surface area contributed by atoms with Crippen molar-refractivity contribution in [2.24, 2.45) is 0 Å². The summed E-state index contributed by atoms with van der Waals surface area (Å²) in [5.41, 5.74) is 2.52. The molecule has 0 bridgehead atoms. The number of amides is 2. The minimum absolute atomic E-state index is 0.0497. The van der Waals surface area contributed by atoms with Gasteiger partial charge in [0.2, 0.25) is 11.8 Å². The van der Waals surface area contributed by atoms with E-state index in [-0.39, 0.29) is 23.4 Å². The molecule has 1 N–H and O–H groups in total. The van der Waals surface area contributed by atoms with E-state index in [1.807, 2.05) is 33.8 Å². The summed E-state index contributed by atoms with van der Waals surface area (Å²) in [6.45, 7) is 8.29. The fourth-order valence-corrected chi connectivity index (χ4v) is 5.91. The van der Waals surface area contributed by atoms with E-state index in [0.717, 1.165) is 15.4 Å². The summed E-state index contributed by atoms with van der Waals surface area (Å²) in [5, 5.41) is 3.48. The Morgan fingerprint density at radius 1 is 0.872 bits per heavy atom. The Kier molecular flexibility index (Phi) is 10.0. The minimum Gasteiger partial charge on any atom is -0.352 e. The highest BCUT2D eigenvalue weighted by atomic mass is 35.5. The van der Waals surface area contributed by atoms with Gasteiger partial charge in [0.25, 0.3) is 10.0 Å². The van der Waals surface area contributed by atoms with E-state index in [0.29, 0.717) is 21.3 Å². The van der Waals surface area contributed by atoms with Crippen LogP contribution in [0.25, 0.3) is 0 Å². The van der Waals surface area contributed by atoms with Crippen LogP contribution in [0.5, 0.6) is 0 Å². The third-order valence-corrected chi connectivity index (χ3v) is 8.66. The summed E-state index contributed by atoms with van der Waals surface area (Å²) in [7, 11) is -4.14. The van der Waals surface area contributed by atoms with Crippen molar-refractivity contribution in [1.82, 2.24) is 10.2 Å². The summed E-state index contributed by atoms with van der Waals surface area (Å²) < 4.78 is 28.8. The average molecular weight is 591 g/mol. The Morgan fingerprint density at radius 2 is 1.46 bits per heavy atom. The lowest BCUT2D eigenvalue weighted by Gasteiger charge is -2.32. The minimum atomic E-state index is -4.14. The molecule has 208 valence electrons. The number of sulfonamides is 1. The third-order valence-electron chi connectivity index (χ3n) is 6.17. The smallest absolute Gasteiger partial charge is 0.264 e. The maximum absolute atomic E-state index is 14.0. The summed E-state index contributed by atoms with van der Waals surface area (Å²) in [6, 6.07) is 17.2. The molecule has 0 saturated carbocycles. The average Bonchev–Trinajstić information content (AvgIpc) is 2.86. The molecule has 0 aliphatic carbocycles. The van der Waals surface area contributed by atoms with Gasteiger partial charge in [0.05, 0.1) is 10.6 Å². The number of halogens is 2. The van der Waals surface area contributed by atoms with E-state index in [9.17, 15) is 18.0 Å². The summed E-state index contributed by atoms with van der Waals surface area (Å²) >= 11 is 12.8. The van der Waals surface area contributed by atoms with Crippen molar-refractivity contribution in [3.05, 3.63) is 93.5 Å². The molecule has 0 aliphatic rings. The standard InChI is InChI=1S/C29H33Cl2N3O4S/c1-19(2)32-29(36)22(5)33(17-25-26(30)10-7-11-27(25)31)28(35)18-34(23-9-6-8-21(4)16-23)39(37,38)24-14-12-20(3)13-15-24/h6-16,19,22H,17-18H2,1-5H3,(H,32,36). The van der Waals surface area contributed by atoms with Gasteiger partial charge < -0.3 is 10.2 Å². The van der Waals surface area contributed by atoms with Crippen molar-refractivity contribution < 1.29 is 18.0 Å². The van der Waals surface area contributed by atoms with Crippen LogP contribution in [-0.2, 0) is 26.2 Å². The van der Waals surface area contributed by atoms with Gasteiger partial charge in [-0.2, -0.15) is 0 Å². The second-order valence-corrected chi connectivity index (χ2v) is 12.4. The normalized spacial score (nSPS) is 12.2. The zero-order chi connectivity index (χ0) is 28.9. The summed E-state index contributed by atoms with van der Waals surface area (Å²) in [6.07, 6.45) is 0. The lowest BCUT2D eigenvalue weighted by atomic mass is 10.1. The van der Waals surface area contributed by atoms with Crippen molar-refractivity contribution in [2.75, 3.05) is 10.8 Å². The van der Waals surface area contributed by atoms with Gasteiger partial charge in [-0.15, -0.1) is 0 Å². The molecule has 0 fully saturated rings. The van der Waals surface area contributed by atoms with Crippen LogP contribution < -0.4 is 9.62 Å². The molecule has 3 aromatic carbocycles. The number of anilines is 1. The van der Waals surface area contributed by atoms with Crippen LogP contribution in [0, 0.1) is 13.8 Å². The molecule has 0 heterocycles. The molecule has 0 aromatic heterocycles. The van der Waals surface area contributed by atoms with E-state index >= 15 is 0 Å². The molecule has 3 aromatic rings.